The van der Waals surface area contributed by atoms with Gasteiger partial charge in [-0.05, 0) is 30.9 Å². The quantitative estimate of drug-likeness (QED) is 0.775. The predicted molar refractivity (Wildman–Crippen MR) is 84.9 cm³/mol. The molecule has 6 heteroatoms. The molecule has 1 aromatic rings. The molecule has 0 aliphatic rings. The van der Waals surface area contributed by atoms with Gasteiger partial charge in [0, 0.05) is 0 Å². The summed E-state index contributed by atoms with van der Waals surface area (Å²) in [5.74, 6) is -1.43. The Kier molecular flexibility index (Phi) is 7.25. The first kappa shape index (κ1) is 18.7. The Bertz CT molecular complexity index is 568. The largest absolute Gasteiger partial charge is 0.467 e. The van der Waals surface area contributed by atoms with Gasteiger partial charge >= 0.3 is 11.9 Å². The third-order valence-electron chi connectivity index (χ3n) is 3.23. The molecule has 0 aliphatic heterocycles. The third kappa shape index (κ3) is 6.10. The van der Waals surface area contributed by atoms with Crippen molar-refractivity contribution in [1.82, 2.24) is 5.32 Å². The van der Waals surface area contributed by atoms with Crippen LogP contribution in [0.3, 0.4) is 0 Å². The molecule has 0 spiro atoms. The lowest BCUT2D eigenvalue weighted by molar-refractivity contribution is -0.145. The van der Waals surface area contributed by atoms with Gasteiger partial charge in [-0.2, -0.15) is 0 Å². The number of esters is 2. The first-order valence-corrected chi connectivity index (χ1v) is 7.45. The summed E-state index contributed by atoms with van der Waals surface area (Å²) in [6.07, 6.45) is 0.449. The van der Waals surface area contributed by atoms with Crippen LogP contribution >= 0.6 is 0 Å². The van der Waals surface area contributed by atoms with E-state index in [4.69, 9.17) is 4.74 Å². The smallest absolute Gasteiger partial charge is 0.338 e. The average Bonchev–Trinajstić information content (AvgIpc) is 2.51. The first-order valence-electron chi connectivity index (χ1n) is 7.45. The molecule has 0 aliphatic carbocycles. The minimum Gasteiger partial charge on any atom is -0.467 e. The van der Waals surface area contributed by atoms with Crippen LogP contribution in [-0.4, -0.2) is 37.6 Å². The topological polar surface area (TPSA) is 81.7 Å². The maximum absolute atomic E-state index is 11.9. The number of ether oxygens (including phenoxy) is 2. The highest BCUT2D eigenvalue weighted by atomic mass is 16.5. The van der Waals surface area contributed by atoms with Gasteiger partial charge in [0.05, 0.1) is 12.7 Å². The van der Waals surface area contributed by atoms with Crippen LogP contribution in [0.15, 0.2) is 24.3 Å². The summed E-state index contributed by atoms with van der Waals surface area (Å²) in [7, 11) is 1.26. The maximum Gasteiger partial charge on any atom is 0.338 e. The Balaban J connectivity index is 2.56. The van der Waals surface area contributed by atoms with E-state index in [2.05, 4.69) is 10.1 Å². The van der Waals surface area contributed by atoms with Crippen LogP contribution in [0.1, 0.15) is 36.2 Å². The standard InChI is InChI=1S/C17H23NO5/c1-11(2)9-14(17(21)22-4)18-15(19)10-23-16(20)13-8-6-5-7-12(13)3/h5-8,11,14H,9-10H2,1-4H3,(H,18,19)/t14-/m1/s1. The van der Waals surface area contributed by atoms with Crippen molar-refractivity contribution in [3.8, 4) is 0 Å². The number of nitrogens with one attached hydrogen (secondary N) is 1. The first-order chi connectivity index (χ1) is 10.8. The summed E-state index contributed by atoms with van der Waals surface area (Å²) in [4.78, 5) is 35.5. The fourth-order valence-corrected chi connectivity index (χ4v) is 2.07. The van der Waals surface area contributed by atoms with Crippen molar-refractivity contribution in [2.24, 2.45) is 5.92 Å². The number of carbonyl (C=O) groups is 3. The van der Waals surface area contributed by atoms with Crippen LogP contribution in [0.2, 0.25) is 0 Å². The van der Waals surface area contributed by atoms with Gasteiger partial charge in [-0.1, -0.05) is 32.0 Å². The fourth-order valence-electron chi connectivity index (χ4n) is 2.07. The van der Waals surface area contributed by atoms with Gasteiger partial charge in [0.2, 0.25) is 0 Å². The van der Waals surface area contributed by atoms with E-state index >= 15 is 0 Å². The second-order valence-corrected chi connectivity index (χ2v) is 5.66. The number of amides is 1. The molecule has 6 nitrogen and oxygen atoms in total. The predicted octanol–water partition coefficient (Wildman–Crippen LogP) is 1.86. The molecule has 126 valence electrons. The van der Waals surface area contributed by atoms with Gasteiger partial charge in [-0.15, -0.1) is 0 Å². The summed E-state index contributed by atoms with van der Waals surface area (Å²) in [6, 6.07) is 6.20. The molecule has 0 radical (unpaired) electrons. The zero-order chi connectivity index (χ0) is 17.4. The van der Waals surface area contributed by atoms with Crippen LogP contribution in [0.5, 0.6) is 0 Å². The molecule has 0 saturated carbocycles. The summed E-state index contributed by atoms with van der Waals surface area (Å²) in [5, 5.41) is 2.53. The summed E-state index contributed by atoms with van der Waals surface area (Å²) in [6.45, 7) is 5.20. The second-order valence-electron chi connectivity index (χ2n) is 5.66. The molecule has 1 aromatic carbocycles. The summed E-state index contributed by atoms with van der Waals surface area (Å²) >= 11 is 0. The molecule has 0 bridgehead atoms. The Hall–Kier alpha value is -2.37. The molecule has 1 atom stereocenters. The Morgan fingerprint density at radius 3 is 2.39 bits per heavy atom. The van der Waals surface area contributed by atoms with E-state index < -0.39 is 30.5 Å². The van der Waals surface area contributed by atoms with Gasteiger partial charge in [-0.3, -0.25) is 4.79 Å². The number of aryl methyl sites for hydroxylation is 1. The van der Waals surface area contributed by atoms with E-state index in [-0.39, 0.29) is 5.92 Å². The lowest BCUT2D eigenvalue weighted by Gasteiger charge is -2.18. The minimum atomic E-state index is -0.746. The second kappa shape index (κ2) is 8.92. The van der Waals surface area contributed by atoms with Crippen molar-refractivity contribution >= 4 is 17.8 Å². The Morgan fingerprint density at radius 1 is 1.17 bits per heavy atom. The Morgan fingerprint density at radius 2 is 1.83 bits per heavy atom. The minimum absolute atomic E-state index is 0.203. The van der Waals surface area contributed by atoms with Gasteiger partial charge in [0.1, 0.15) is 6.04 Å². The number of methoxy groups -OCH3 is 1. The molecule has 1 N–H and O–H groups in total. The van der Waals surface area contributed by atoms with Gasteiger partial charge < -0.3 is 14.8 Å². The van der Waals surface area contributed by atoms with Gasteiger partial charge in [-0.25, -0.2) is 9.59 Å². The van der Waals surface area contributed by atoms with Crippen LogP contribution in [0.25, 0.3) is 0 Å². The van der Waals surface area contributed by atoms with E-state index in [9.17, 15) is 14.4 Å². The lowest BCUT2D eigenvalue weighted by atomic mass is 10.0. The Labute approximate surface area is 136 Å². The molecule has 0 aromatic heterocycles. The summed E-state index contributed by atoms with van der Waals surface area (Å²) < 4.78 is 9.65. The van der Waals surface area contributed by atoms with Crippen molar-refractivity contribution in [2.45, 2.75) is 33.2 Å². The summed E-state index contributed by atoms with van der Waals surface area (Å²) in [5.41, 5.74) is 1.18. The highest BCUT2D eigenvalue weighted by Gasteiger charge is 2.23. The van der Waals surface area contributed by atoms with E-state index in [1.54, 1.807) is 25.1 Å². The van der Waals surface area contributed by atoms with Crippen LogP contribution in [-0.2, 0) is 19.1 Å². The lowest BCUT2D eigenvalue weighted by Crippen LogP contribution is -2.44. The van der Waals surface area contributed by atoms with E-state index in [0.29, 0.717) is 12.0 Å². The molecule has 0 unspecified atom stereocenters. The molecule has 0 saturated heterocycles. The van der Waals surface area contributed by atoms with E-state index in [0.717, 1.165) is 5.56 Å². The monoisotopic (exact) mass is 321 g/mol. The van der Waals surface area contributed by atoms with Crippen molar-refractivity contribution in [1.29, 1.82) is 0 Å². The number of hydrogen-bond donors (Lipinski definition) is 1. The van der Waals surface area contributed by atoms with Crippen molar-refractivity contribution in [3.05, 3.63) is 35.4 Å². The number of benzene rings is 1. The maximum atomic E-state index is 11.9. The molecule has 1 amide bonds. The van der Waals surface area contributed by atoms with Crippen LogP contribution in [0, 0.1) is 12.8 Å². The molecule has 0 fully saturated rings. The van der Waals surface area contributed by atoms with E-state index in [1.807, 2.05) is 19.9 Å². The van der Waals surface area contributed by atoms with Gasteiger partial charge in [0.25, 0.3) is 5.91 Å². The van der Waals surface area contributed by atoms with Crippen molar-refractivity contribution < 1.29 is 23.9 Å². The molecule has 1 rings (SSSR count). The number of rotatable bonds is 7. The van der Waals surface area contributed by atoms with Crippen molar-refractivity contribution in [3.63, 3.8) is 0 Å². The molecule has 23 heavy (non-hydrogen) atoms. The highest BCUT2D eigenvalue weighted by Crippen LogP contribution is 2.09. The number of carbonyl (C=O) groups excluding carboxylic acids is 3. The number of hydrogen-bond acceptors (Lipinski definition) is 5. The zero-order valence-corrected chi connectivity index (χ0v) is 13.9. The normalized spacial score (nSPS) is 11.7. The SMILES string of the molecule is COC(=O)[C@@H](CC(C)C)NC(=O)COC(=O)c1ccccc1C. The van der Waals surface area contributed by atoms with Crippen LogP contribution < -0.4 is 5.32 Å². The molecule has 0 heterocycles. The van der Waals surface area contributed by atoms with Crippen molar-refractivity contribution in [2.75, 3.05) is 13.7 Å². The third-order valence-corrected chi connectivity index (χ3v) is 3.23. The fraction of sp³-hybridized carbons (Fsp3) is 0.471. The zero-order valence-electron chi connectivity index (χ0n) is 13.9. The van der Waals surface area contributed by atoms with Crippen LogP contribution in [0.4, 0.5) is 0 Å². The molecular weight excluding hydrogens is 298 g/mol. The molecular formula is C17H23NO5. The van der Waals surface area contributed by atoms with E-state index in [1.165, 1.54) is 7.11 Å². The average molecular weight is 321 g/mol. The van der Waals surface area contributed by atoms with Gasteiger partial charge in [0.15, 0.2) is 6.61 Å². The highest BCUT2D eigenvalue weighted by molar-refractivity contribution is 5.93.